The molecular weight excluding hydrogens is 409 g/mol. The van der Waals surface area contributed by atoms with E-state index in [-0.39, 0.29) is 30.0 Å². The van der Waals surface area contributed by atoms with Crippen molar-refractivity contribution < 1.29 is 31.1 Å². The number of amides is 1. The third-order valence-electron chi connectivity index (χ3n) is 4.72. The lowest BCUT2D eigenvalue weighted by Crippen LogP contribution is -2.40. The molecule has 2 aromatic rings. The summed E-state index contributed by atoms with van der Waals surface area (Å²) in [4.78, 5) is 17.7. The molecule has 0 bridgehead atoms. The standard InChI is InChI=1S/C19H19F3N2O4S/c1-28-16-5-2-13(3-6-16)11-24(15-8-9-29(26,27)12-15)18(25)14-4-7-17(23-10-14)19(20,21)22/h2-7,10,15H,8-9,11-12H2,1H3. The van der Waals surface area contributed by atoms with Crippen molar-refractivity contribution in [3.05, 3.63) is 59.4 Å². The van der Waals surface area contributed by atoms with Crippen molar-refractivity contribution in [1.29, 1.82) is 0 Å². The molecule has 156 valence electrons. The molecule has 1 aromatic heterocycles. The zero-order valence-corrected chi connectivity index (χ0v) is 16.3. The van der Waals surface area contributed by atoms with Crippen LogP contribution in [0.25, 0.3) is 0 Å². The van der Waals surface area contributed by atoms with E-state index in [1.54, 1.807) is 24.3 Å². The van der Waals surface area contributed by atoms with Crippen molar-refractivity contribution >= 4 is 15.7 Å². The molecule has 0 N–H and O–H groups in total. The van der Waals surface area contributed by atoms with Crippen LogP contribution in [0.15, 0.2) is 42.6 Å². The van der Waals surface area contributed by atoms with Crippen LogP contribution in [0.3, 0.4) is 0 Å². The van der Waals surface area contributed by atoms with Crippen LogP contribution in [0.1, 0.15) is 28.0 Å². The first-order valence-corrected chi connectivity index (χ1v) is 10.6. The SMILES string of the molecule is COc1ccc(CN(C(=O)c2ccc(C(F)(F)F)nc2)C2CCS(=O)(=O)C2)cc1. The van der Waals surface area contributed by atoms with Gasteiger partial charge < -0.3 is 9.64 Å². The number of nitrogens with zero attached hydrogens (tertiary/aromatic N) is 2. The van der Waals surface area contributed by atoms with Gasteiger partial charge in [-0.1, -0.05) is 12.1 Å². The maximum absolute atomic E-state index is 13.0. The molecule has 0 spiro atoms. The monoisotopic (exact) mass is 428 g/mol. The number of alkyl halides is 3. The van der Waals surface area contributed by atoms with Gasteiger partial charge in [0.2, 0.25) is 0 Å². The summed E-state index contributed by atoms with van der Waals surface area (Å²) in [6, 6.07) is 8.15. The van der Waals surface area contributed by atoms with Crippen molar-refractivity contribution in [2.24, 2.45) is 0 Å². The first kappa shape index (κ1) is 21.1. The fraction of sp³-hybridized carbons (Fsp3) is 0.368. The van der Waals surface area contributed by atoms with Gasteiger partial charge in [0.05, 0.1) is 24.2 Å². The van der Waals surface area contributed by atoms with Crippen molar-refractivity contribution in [2.75, 3.05) is 18.6 Å². The molecule has 1 aliphatic rings. The number of benzene rings is 1. The number of rotatable bonds is 5. The molecule has 2 heterocycles. The maximum atomic E-state index is 13.0. The minimum atomic E-state index is -4.61. The van der Waals surface area contributed by atoms with Crippen molar-refractivity contribution in [3.8, 4) is 5.75 Å². The molecule has 0 aliphatic carbocycles. The molecule has 0 radical (unpaired) electrons. The van der Waals surface area contributed by atoms with E-state index in [0.717, 1.165) is 23.9 Å². The third-order valence-corrected chi connectivity index (χ3v) is 6.47. The summed E-state index contributed by atoms with van der Waals surface area (Å²) in [6.07, 6.45) is -3.46. The lowest BCUT2D eigenvalue weighted by Gasteiger charge is -2.28. The highest BCUT2D eigenvalue weighted by atomic mass is 32.2. The molecule has 0 saturated carbocycles. The number of methoxy groups -OCH3 is 1. The van der Waals surface area contributed by atoms with E-state index in [9.17, 15) is 26.4 Å². The summed E-state index contributed by atoms with van der Waals surface area (Å²) in [7, 11) is -1.74. The lowest BCUT2D eigenvalue weighted by atomic mass is 10.1. The van der Waals surface area contributed by atoms with Gasteiger partial charge in [-0.15, -0.1) is 0 Å². The number of hydrogen-bond donors (Lipinski definition) is 0. The Morgan fingerprint density at radius 3 is 2.38 bits per heavy atom. The highest BCUT2D eigenvalue weighted by Crippen LogP contribution is 2.28. The predicted molar refractivity (Wildman–Crippen MR) is 99.2 cm³/mol. The summed E-state index contributed by atoms with van der Waals surface area (Å²) >= 11 is 0. The van der Waals surface area contributed by atoms with Crippen LogP contribution >= 0.6 is 0 Å². The molecule has 29 heavy (non-hydrogen) atoms. The fourth-order valence-corrected chi connectivity index (χ4v) is 4.90. The largest absolute Gasteiger partial charge is 0.497 e. The Hall–Kier alpha value is -2.62. The lowest BCUT2D eigenvalue weighted by molar-refractivity contribution is -0.141. The van der Waals surface area contributed by atoms with Gasteiger partial charge in [-0.3, -0.25) is 9.78 Å². The highest BCUT2D eigenvalue weighted by Gasteiger charge is 2.36. The second-order valence-electron chi connectivity index (χ2n) is 6.77. The van der Waals surface area contributed by atoms with E-state index >= 15 is 0 Å². The Kier molecular flexibility index (Phi) is 5.83. The number of halogens is 3. The molecule has 1 aromatic carbocycles. The van der Waals surface area contributed by atoms with Gasteiger partial charge in [-0.05, 0) is 36.2 Å². The molecule has 1 fully saturated rings. The van der Waals surface area contributed by atoms with Crippen LogP contribution in [0.5, 0.6) is 5.75 Å². The summed E-state index contributed by atoms with van der Waals surface area (Å²) in [6.45, 7) is 0.115. The Balaban J connectivity index is 1.88. The molecule has 1 atom stereocenters. The number of sulfone groups is 1. The quantitative estimate of drug-likeness (QED) is 0.732. The van der Waals surface area contributed by atoms with Gasteiger partial charge >= 0.3 is 6.18 Å². The van der Waals surface area contributed by atoms with Crippen molar-refractivity contribution in [3.63, 3.8) is 0 Å². The molecule has 1 aliphatic heterocycles. The number of ether oxygens (including phenoxy) is 1. The van der Waals surface area contributed by atoms with Crippen LogP contribution in [-0.4, -0.2) is 48.9 Å². The zero-order chi connectivity index (χ0) is 21.2. The Morgan fingerprint density at radius 2 is 1.90 bits per heavy atom. The molecular formula is C19H19F3N2O4S. The average molecular weight is 428 g/mol. The van der Waals surface area contributed by atoms with Crippen LogP contribution < -0.4 is 4.74 Å². The fourth-order valence-electron chi connectivity index (χ4n) is 3.17. The smallest absolute Gasteiger partial charge is 0.433 e. The minimum absolute atomic E-state index is 0.0317. The van der Waals surface area contributed by atoms with Gasteiger partial charge in [-0.25, -0.2) is 8.42 Å². The molecule has 1 amide bonds. The Morgan fingerprint density at radius 1 is 1.21 bits per heavy atom. The van der Waals surface area contributed by atoms with Crippen molar-refractivity contribution in [2.45, 2.75) is 25.2 Å². The molecule has 10 heteroatoms. The first-order valence-electron chi connectivity index (χ1n) is 8.76. The molecule has 6 nitrogen and oxygen atoms in total. The second-order valence-corrected chi connectivity index (χ2v) is 9.00. The molecule has 1 unspecified atom stereocenters. The van der Waals surface area contributed by atoms with E-state index in [1.807, 2.05) is 0 Å². The number of carbonyl (C=O) groups is 1. The Bertz CT molecular complexity index is 974. The van der Waals surface area contributed by atoms with Gasteiger partial charge in [0, 0.05) is 18.8 Å². The summed E-state index contributed by atoms with van der Waals surface area (Å²) in [5.41, 5.74) is -0.390. The topological polar surface area (TPSA) is 76.6 Å². The molecule has 3 rings (SSSR count). The van der Waals surface area contributed by atoms with Gasteiger partial charge in [-0.2, -0.15) is 13.2 Å². The second kappa shape index (κ2) is 8.02. The number of aromatic nitrogens is 1. The van der Waals surface area contributed by atoms with Crippen LogP contribution in [0, 0.1) is 0 Å². The van der Waals surface area contributed by atoms with E-state index in [4.69, 9.17) is 4.74 Å². The first-order chi connectivity index (χ1) is 13.6. The van der Waals surface area contributed by atoms with E-state index in [2.05, 4.69) is 4.98 Å². The van der Waals surface area contributed by atoms with Crippen LogP contribution in [0.4, 0.5) is 13.2 Å². The number of carbonyl (C=O) groups excluding carboxylic acids is 1. The minimum Gasteiger partial charge on any atom is -0.497 e. The summed E-state index contributed by atoms with van der Waals surface area (Å²) in [5, 5.41) is 0. The third kappa shape index (κ3) is 5.06. The number of hydrogen-bond acceptors (Lipinski definition) is 5. The van der Waals surface area contributed by atoms with Gasteiger partial charge in [0.25, 0.3) is 5.91 Å². The summed E-state index contributed by atoms with van der Waals surface area (Å²) < 4.78 is 67.1. The number of pyridine rings is 1. The normalized spacial score (nSPS) is 18.4. The average Bonchev–Trinajstić information content (AvgIpc) is 3.05. The highest BCUT2D eigenvalue weighted by molar-refractivity contribution is 7.91. The predicted octanol–water partition coefficient (Wildman–Crippen LogP) is 2.94. The maximum Gasteiger partial charge on any atom is 0.433 e. The molecule has 1 saturated heterocycles. The Labute approximate surface area is 166 Å². The van der Waals surface area contributed by atoms with Crippen LogP contribution in [0.2, 0.25) is 0 Å². The van der Waals surface area contributed by atoms with Gasteiger partial charge in [0.15, 0.2) is 9.84 Å². The van der Waals surface area contributed by atoms with Crippen molar-refractivity contribution in [1.82, 2.24) is 9.88 Å². The van der Waals surface area contributed by atoms with Gasteiger partial charge in [0.1, 0.15) is 11.4 Å². The summed E-state index contributed by atoms with van der Waals surface area (Å²) in [5.74, 6) is -0.149. The van der Waals surface area contributed by atoms with E-state index in [0.29, 0.717) is 5.75 Å². The van der Waals surface area contributed by atoms with E-state index in [1.165, 1.54) is 12.0 Å². The van der Waals surface area contributed by atoms with Crippen LogP contribution in [-0.2, 0) is 22.6 Å². The zero-order valence-electron chi connectivity index (χ0n) is 15.5. The van der Waals surface area contributed by atoms with E-state index < -0.39 is 33.7 Å².